The molecule has 198 valence electrons. The molecule has 3 aromatic rings. The average molecular weight is 526 g/mol. The highest BCUT2D eigenvalue weighted by Crippen LogP contribution is 2.28. The Hall–Kier alpha value is -4.75. The summed E-state index contributed by atoms with van der Waals surface area (Å²) in [4.78, 5) is 57.4. The number of anilines is 2. The zero-order valence-electron chi connectivity index (χ0n) is 20.2. The maximum Gasteiger partial charge on any atom is 0.415 e. The van der Waals surface area contributed by atoms with Crippen LogP contribution in [0.2, 0.25) is 0 Å². The summed E-state index contributed by atoms with van der Waals surface area (Å²) in [5.74, 6) is -0.407. The molecule has 2 N–H and O–H groups in total. The van der Waals surface area contributed by atoms with Crippen LogP contribution >= 0.6 is 0 Å². The molecular formula is C24H23FN6O7. The summed E-state index contributed by atoms with van der Waals surface area (Å²) >= 11 is 0. The van der Waals surface area contributed by atoms with Crippen LogP contribution in [-0.2, 0) is 27.7 Å². The lowest BCUT2D eigenvalue weighted by atomic mass is 10.1. The van der Waals surface area contributed by atoms with Crippen molar-refractivity contribution in [1.82, 2.24) is 19.9 Å². The van der Waals surface area contributed by atoms with Crippen LogP contribution in [0.5, 0.6) is 5.88 Å². The van der Waals surface area contributed by atoms with Crippen molar-refractivity contribution in [2.24, 2.45) is 7.05 Å². The molecule has 1 aromatic carbocycles. The van der Waals surface area contributed by atoms with Gasteiger partial charge in [-0.15, -0.1) is 0 Å². The Morgan fingerprint density at radius 3 is 2.92 bits per heavy atom. The first-order valence-corrected chi connectivity index (χ1v) is 11.8. The molecule has 0 aliphatic carbocycles. The largest absolute Gasteiger partial charge is 0.465 e. The van der Waals surface area contributed by atoms with E-state index in [9.17, 15) is 23.6 Å². The fourth-order valence-corrected chi connectivity index (χ4v) is 4.26. The van der Waals surface area contributed by atoms with Crippen LogP contribution < -0.4 is 25.8 Å². The third-order valence-electron chi connectivity index (χ3n) is 6.12. The molecule has 1 saturated heterocycles. The molecule has 14 heteroatoms. The minimum atomic E-state index is -0.711. The minimum Gasteiger partial charge on any atom is -0.465 e. The highest BCUT2D eigenvalue weighted by Gasteiger charge is 2.34. The van der Waals surface area contributed by atoms with E-state index in [1.807, 2.05) is 0 Å². The molecule has 2 aromatic heterocycles. The van der Waals surface area contributed by atoms with Gasteiger partial charge in [0.05, 0.1) is 24.9 Å². The quantitative estimate of drug-likeness (QED) is 0.466. The smallest absolute Gasteiger partial charge is 0.415 e. The van der Waals surface area contributed by atoms with E-state index < -0.39 is 24.1 Å². The zero-order chi connectivity index (χ0) is 26.8. The number of pyridine rings is 1. The van der Waals surface area contributed by atoms with E-state index in [4.69, 9.17) is 14.2 Å². The van der Waals surface area contributed by atoms with E-state index in [2.05, 4.69) is 20.6 Å². The van der Waals surface area contributed by atoms with E-state index in [1.54, 1.807) is 19.2 Å². The number of alkyl carbamates (subject to hydrolysis) is 1. The highest BCUT2D eigenvalue weighted by atomic mass is 19.1. The topological polar surface area (TPSA) is 154 Å². The van der Waals surface area contributed by atoms with Crippen molar-refractivity contribution in [2.75, 3.05) is 36.5 Å². The van der Waals surface area contributed by atoms with Gasteiger partial charge in [-0.3, -0.25) is 14.5 Å². The maximum absolute atomic E-state index is 14.5. The number of hydrogen-bond donors (Lipinski definition) is 2. The lowest BCUT2D eigenvalue weighted by Crippen LogP contribution is -2.31. The van der Waals surface area contributed by atoms with E-state index in [1.165, 1.54) is 27.8 Å². The summed E-state index contributed by atoms with van der Waals surface area (Å²) in [5.41, 5.74) is 0.464. The monoisotopic (exact) mass is 526 g/mol. The number of aryl methyl sites for hydroxylation is 1. The van der Waals surface area contributed by atoms with Gasteiger partial charge in [-0.05, 0) is 23.6 Å². The number of aromatic nitrogens is 3. The normalized spacial score (nSPS) is 16.5. The molecule has 0 saturated carbocycles. The minimum absolute atomic E-state index is 0.0798. The van der Waals surface area contributed by atoms with Gasteiger partial charge in [0.15, 0.2) is 18.2 Å². The molecule has 38 heavy (non-hydrogen) atoms. The van der Waals surface area contributed by atoms with Crippen molar-refractivity contribution in [3.8, 4) is 5.88 Å². The first-order valence-electron chi connectivity index (χ1n) is 11.8. The number of carbonyl (C=O) groups excluding carboxylic acids is 3. The predicted molar refractivity (Wildman–Crippen MR) is 131 cm³/mol. The standard InChI is InChI=1S/C24H23FN6O7/c1-30-19(33)5-3-13-2-4-16(25)15(20(13)30)7-9-36-23(34)26-8-6-14-11-31(24(35)38-14)17-10-27-22-21(28-17)29-18(32)12-37-22/h2-5,10,14H,6-9,11-12H2,1H3,(H,26,34)(H,28,29,32). The summed E-state index contributed by atoms with van der Waals surface area (Å²) in [6.07, 6.45) is -0.158. The van der Waals surface area contributed by atoms with E-state index in [-0.39, 0.29) is 67.3 Å². The van der Waals surface area contributed by atoms with Crippen molar-refractivity contribution >= 4 is 40.6 Å². The molecule has 5 rings (SSSR count). The Kier molecular flexibility index (Phi) is 6.77. The Morgan fingerprint density at radius 1 is 1.26 bits per heavy atom. The fourth-order valence-electron chi connectivity index (χ4n) is 4.26. The number of ether oxygens (including phenoxy) is 3. The second-order valence-corrected chi connectivity index (χ2v) is 8.63. The first kappa shape index (κ1) is 24.9. The summed E-state index contributed by atoms with van der Waals surface area (Å²) < 4.78 is 31.5. The van der Waals surface area contributed by atoms with Gasteiger partial charge in [-0.25, -0.2) is 23.9 Å². The van der Waals surface area contributed by atoms with Crippen LogP contribution in [0, 0.1) is 5.82 Å². The summed E-state index contributed by atoms with van der Waals surface area (Å²) in [6, 6.07) is 5.93. The number of nitrogens with one attached hydrogen (secondary N) is 2. The van der Waals surface area contributed by atoms with Gasteiger partial charge in [0.1, 0.15) is 11.9 Å². The lowest BCUT2D eigenvalue weighted by molar-refractivity contribution is -0.118. The molecule has 1 atom stereocenters. The van der Waals surface area contributed by atoms with E-state index >= 15 is 0 Å². The van der Waals surface area contributed by atoms with Crippen LogP contribution in [0.1, 0.15) is 12.0 Å². The van der Waals surface area contributed by atoms with Gasteiger partial charge in [-0.1, -0.05) is 0 Å². The van der Waals surface area contributed by atoms with Crippen LogP contribution in [0.25, 0.3) is 10.9 Å². The average Bonchev–Trinajstić information content (AvgIpc) is 3.27. The number of benzene rings is 1. The molecular weight excluding hydrogens is 503 g/mol. The van der Waals surface area contributed by atoms with Gasteiger partial charge >= 0.3 is 12.2 Å². The molecule has 2 aliphatic rings. The van der Waals surface area contributed by atoms with Crippen molar-refractivity contribution in [3.05, 3.63) is 52.2 Å². The highest BCUT2D eigenvalue weighted by molar-refractivity contribution is 5.94. The molecule has 3 amide bonds. The molecule has 0 bridgehead atoms. The fraction of sp³-hybridized carbons (Fsp3) is 0.333. The van der Waals surface area contributed by atoms with Crippen LogP contribution in [-0.4, -0.2) is 65.0 Å². The number of nitrogens with zero attached hydrogens (tertiary/aromatic N) is 4. The van der Waals surface area contributed by atoms with Gasteiger partial charge in [0, 0.05) is 38.1 Å². The molecule has 1 unspecified atom stereocenters. The third kappa shape index (κ3) is 5.05. The van der Waals surface area contributed by atoms with Crippen molar-refractivity contribution in [3.63, 3.8) is 0 Å². The van der Waals surface area contributed by atoms with Crippen LogP contribution in [0.4, 0.5) is 25.6 Å². The lowest BCUT2D eigenvalue weighted by Gasteiger charge is -2.18. The molecule has 13 nitrogen and oxygen atoms in total. The molecule has 1 fully saturated rings. The second-order valence-electron chi connectivity index (χ2n) is 8.63. The first-order chi connectivity index (χ1) is 18.3. The van der Waals surface area contributed by atoms with Crippen molar-refractivity contribution in [2.45, 2.75) is 18.9 Å². The molecule has 4 heterocycles. The van der Waals surface area contributed by atoms with E-state index in [0.717, 1.165) is 0 Å². The number of fused-ring (bicyclic) bond motifs is 2. The van der Waals surface area contributed by atoms with Gasteiger partial charge < -0.3 is 29.4 Å². The Balaban J connectivity index is 1.10. The van der Waals surface area contributed by atoms with Gasteiger partial charge in [0.2, 0.25) is 0 Å². The van der Waals surface area contributed by atoms with E-state index in [0.29, 0.717) is 17.3 Å². The summed E-state index contributed by atoms with van der Waals surface area (Å²) in [5, 5.41) is 5.80. The Bertz CT molecular complexity index is 1490. The second kappa shape index (κ2) is 10.3. The van der Waals surface area contributed by atoms with Gasteiger partial charge in [-0.2, -0.15) is 0 Å². The number of hydrogen-bond acceptors (Lipinski definition) is 9. The van der Waals surface area contributed by atoms with Crippen LogP contribution in [0.3, 0.4) is 0 Å². The maximum atomic E-state index is 14.5. The number of rotatable bonds is 7. The molecule has 2 aliphatic heterocycles. The summed E-state index contributed by atoms with van der Waals surface area (Å²) in [6.45, 7) is 0.0537. The van der Waals surface area contributed by atoms with Crippen molar-refractivity contribution < 1.29 is 33.0 Å². The summed E-state index contributed by atoms with van der Waals surface area (Å²) in [7, 11) is 1.56. The SMILES string of the molecule is Cn1c(=O)ccc2ccc(F)c(CCOC(=O)NCCC3CN(c4cnc5c(n4)NC(=O)CO5)C(=O)O3)c21. The third-order valence-corrected chi connectivity index (χ3v) is 6.12. The number of cyclic esters (lactones) is 1. The number of halogens is 1. The Morgan fingerprint density at radius 2 is 2.08 bits per heavy atom. The number of amides is 3. The molecule has 0 spiro atoms. The zero-order valence-corrected chi connectivity index (χ0v) is 20.2. The van der Waals surface area contributed by atoms with Crippen molar-refractivity contribution in [1.29, 1.82) is 0 Å². The van der Waals surface area contributed by atoms with Gasteiger partial charge in [0.25, 0.3) is 17.3 Å². The molecule has 0 radical (unpaired) electrons. The predicted octanol–water partition coefficient (Wildman–Crippen LogP) is 1.48. The Labute approximate surface area is 214 Å². The number of carbonyl (C=O) groups is 3. The van der Waals surface area contributed by atoms with Crippen LogP contribution in [0.15, 0.2) is 35.3 Å².